The van der Waals surface area contributed by atoms with Crippen molar-refractivity contribution in [2.24, 2.45) is 0 Å². The highest BCUT2D eigenvalue weighted by molar-refractivity contribution is 5.98. The lowest BCUT2D eigenvalue weighted by molar-refractivity contribution is 0.0573. The molecule has 3 aromatic rings. The first-order chi connectivity index (χ1) is 14.7. The standard InChI is InChI=1S/C25H28FN3O/c26-22-8-5-19(6-9-22)18-29-12-11-20-17-21(7-10-24(20)29)25(30)28-15-13-27(14-16-28)23-3-1-2-4-23/h5-12,17,23H,1-4,13-16,18H2. The topological polar surface area (TPSA) is 28.5 Å². The van der Waals surface area contributed by atoms with Crippen molar-refractivity contribution in [3.63, 3.8) is 0 Å². The van der Waals surface area contributed by atoms with Crippen LogP contribution in [0.25, 0.3) is 10.9 Å². The molecular formula is C25H28FN3O. The Morgan fingerprint density at radius 1 is 0.933 bits per heavy atom. The summed E-state index contributed by atoms with van der Waals surface area (Å²) in [6.07, 6.45) is 7.37. The lowest BCUT2D eigenvalue weighted by atomic mass is 10.1. The number of carbonyl (C=O) groups is 1. The van der Waals surface area contributed by atoms with Crippen molar-refractivity contribution < 1.29 is 9.18 Å². The molecule has 1 aromatic heterocycles. The lowest BCUT2D eigenvalue weighted by Gasteiger charge is -2.38. The van der Waals surface area contributed by atoms with Gasteiger partial charge in [0.05, 0.1) is 0 Å². The van der Waals surface area contributed by atoms with E-state index in [-0.39, 0.29) is 11.7 Å². The summed E-state index contributed by atoms with van der Waals surface area (Å²) in [7, 11) is 0. The third-order valence-electron chi connectivity index (χ3n) is 6.73. The van der Waals surface area contributed by atoms with Gasteiger partial charge in [-0.1, -0.05) is 25.0 Å². The number of aromatic nitrogens is 1. The molecule has 2 aliphatic rings. The monoisotopic (exact) mass is 405 g/mol. The third kappa shape index (κ3) is 3.86. The normalized spacial score (nSPS) is 18.4. The summed E-state index contributed by atoms with van der Waals surface area (Å²) in [4.78, 5) is 17.6. The maximum Gasteiger partial charge on any atom is 0.253 e. The minimum absolute atomic E-state index is 0.134. The molecule has 2 heterocycles. The first kappa shape index (κ1) is 19.3. The number of amides is 1. The fourth-order valence-corrected chi connectivity index (χ4v) is 5.00. The van der Waals surface area contributed by atoms with Gasteiger partial charge in [-0.25, -0.2) is 4.39 Å². The van der Waals surface area contributed by atoms with Crippen LogP contribution in [0, 0.1) is 5.82 Å². The van der Waals surface area contributed by atoms with Gasteiger partial charge in [0.25, 0.3) is 5.91 Å². The van der Waals surface area contributed by atoms with E-state index in [2.05, 4.69) is 9.47 Å². The zero-order valence-electron chi connectivity index (χ0n) is 17.3. The highest BCUT2D eigenvalue weighted by Crippen LogP contribution is 2.25. The van der Waals surface area contributed by atoms with Gasteiger partial charge in [-0.05, 0) is 54.8 Å². The quantitative estimate of drug-likeness (QED) is 0.638. The molecule has 1 amide bonds. The second-order valence-corrected chi connectivity index (χ2v) is 8.61. The van der Waals surface area contributed by atoms with Gasteiger partial charge in [-0.15, -0.1) is 0 Å². The number of hydrogen-bond acceptors (Lipinski definition) is 2. The number of piperazine rings is 1. The zero-order valence-corrected chi connectivity index (χ0v) is 17.3. The Bertz CT molecular complexity index is 1030. The smallest absolute Gasteiger partial charge is 0.253 e. The Balaban J connectivity index is 1.27. The Morgan fingerprint density at radius 2 is 1.67 bits per heavy atom. The van der Waals surface area contributed by atoms with Gasteiger partial charge in [-0.2, -0.15) is 0 Å². The molecule has 0 spiro atoms. The number of rotatable bonds is 4. The molecule has 1 saturated heterocycles. The molecule has 30 heavy (non-hydrogen) atoms. The lowest BCUT2D eigenvalue weighted by Crippen LogP contribution is -2.51. The summed E-state index contributed by atoms with van der Waals surface area (Å²) in [6, 6.07) is 15.4. The number of fused-ring (bicyclic) bond motifs is 1. The van der Waals surface area contributed by atoms with Crippen LogP contribution in [0.3, 0.4) is 0 Å². The maximum atomic E-state index is 13.1. The Labute approximate surface area is 176 Å². The van der Waals surface area contributed by atoms with Crippen molar-refractivity contribution in [1.29, 1.82) is 0 Å². The zero-order chi connectivity index (χ0) is 20.5. The third-order valence-corrected chi connectivity index (χ3v) is 6.73. The predicted molar refractivity (Wildman–Crippen MR) is 117 cm³/mol. The summed E-state index contributed by atoms with van der Waals surface area (Å²) >= 11 is 0. The van der Waals surface area contributed by atoms with Crippen LogP contribution >= 0.6 is 0 Å². The molecule has 5 heteroatoms. The van der Waals surface area contributed by atoms with Crippen molar-refractivity contribution in [2.45, 2.75) is 38.3 Å². The number of benzene rings is 2. The molecule has 0 radical (unpaired) electrons. The molecule has 5 rings (SSSR count). The van der Waals surface area contributed by atoms with Crippen molar-refractivity contribution in [3.8, 4) is 0 Å². The Morgan fingerprint density at radius 3 is 2.40 bits per heavy atom. The first-order valence-electron chi connectivity index (χ1n) is 11.0. The minimum atomic E-state index is -0.219. The minimum Gasteiger partial charge on any atom is -0.343 e. The largest absolute Gasteiger partial charge is 0.343 e. The van der Waals surface area contributed by atoms with E-state index in [9.17, 15) is 9.18 Å². The van der Waals surface area contributed by atoms with Crippen LogP contribution < -0.4 is 0 Å². The summed E-state index contributed by atoms with van der Waals surface area (Å²) < 4.78 is 15.3. The molecule has 0 atom stereocenters. The SMILES string of the molecule is O=C(c1ccc2c(ccn2Cc2ccc(F)cc2)c1)N1CCN(C2CCCC2)CC1. The molecular weight excluding hydrogens is 377 g/mol. The van der Waals surface area contributed by atoms with Crippen LogP contribution in [0.1, 0.15) is 41.6 Å². The molecule has 1 saturated carbocycles. The van der Waals surface area contributed by atoms with E-state index < -0.39 is 0 Å². The van der Waals surface area contributed by atoms with Crippen molar-refractivity contribution in [3.05, 3.63) is 71.7 Å². The van der Waals surface area contributed by atoms with Crippen LogP contribution in [-0.2, 0) is 6.54 Å². The average molecular weight is 406 g/mol. The molecule has 1 aliphatic carbocycles. The van der Waals surface area contributed by atoms with Crippen LogP contribution in [0.5, 0.6) is 0 Å². The highest BCUT2D eigenvalue weighted by Gasteiger charge is 2.28. The van der Waals surface area contributed by atoms with E-state index in [1.807, 2.05) is 47.5 Å². The van der Waals surface area contributed by atoms with Crippen molar-refractivity contribution in [2.75, 3.05) is 26.2 Å². The molecule has 1 aliphatic heterocycles. The second kappa shape index (κ2) is 8.23. The van der Waals surface area contributed by atoms with E-state index in [1.54, 1.807) is 0 Å². The molecule has 4 nitrogen and oxygen atoms in total. The number of carbonyl (C=O) groups excluding carboxylic acids is 1. The molecule has 156 valence electrons. The van der Waals surface area contributed by atoms with E-state index in [1.165, 1.54) is 37.8 Å². The van der Waals surface area contributed by atoms with E-state index in [4.69, 9.17) is 0 Å². The molecule has 0 bridgehead atoms. The summed E-state index contributed by atoms with van der Waals surface area (Å²) in [6.45, 7) is 4.30. The van der Waals surface area contributed by atoms with Gasteiger partial charge in [0.1, 0.15) is 5.82 Å². The van der Waals surface area contributed by atoms with Gasteiger partial charge in [0, 0.05) is 61.4 Å². The predicted octanol–water partition coefficient (Wildman–Crippen LogP) is 4.53. The van der Waals surface area contributed by atoms with Crippen LogP contribution in [0.15, 0.2) is 54.7 Å². The van der Waals surface area contributed by atoms with E-state index in [0.29, 0.717) is 6.54 Å². The molecule has 0 unspecified atom stereocenters. The van der Waals surface area contributed by atoms with Crippen LogP contribution in [-0.4, -0.2) is 52.5 Å². The van der Waals surface area contributed by atoms with Crippen molar-refractivity contribution in [1.82, 2.24) is 14.4 Å². The highest BCUT2D eigenvalue weighted by atomic mass is 19.1. The van der Waals surface area contributed by atoms with Gasteiger partial charge in [0.15, 0.2) is 0 Å². The summed E-state index contributed by atoms with van der Waals surface area (Å²) in [5.74, 6) is -0.0856. The number of halogens is 1. The Hall–Kier alpha value is -2.66. The molecule has 2 aromatic carbocycles. The number of nitrogens with zero attached hydrogens (tertiary/aromatic N) is 3. The summed E-state index contributed by atoms with van der Waals surface area (Å²) in [5.41, 5.74) is 2.90. The van der Waals surface area contributed by atoms with Crippen molar-refractivity contribution >= 4 is 16.8 Å². The maximum absolute atomic E-state index is 13.1. The van der Waals surface area contributed by atoms with Gasteiger partial charge >= 0.3 is 0 Å². The van der Waals surface area contributed by atoms with Gasteiger partial charge in [-0.3, -0.25) is 9.69 Å². The molecule has 0 N–H and O–H groups in total. The number of hydrogen-bond donors (Lipinski definition) is 0. The second-order valence-electron chi connectivity index (χ2n) is 8.61. The van der Waals surface area contributed by atoms with Gasteiger partial charge < -0.3 is 9.47 Å². The first-order valence-corrected chi connectivity index (χ1v) is 11.0. The van der Waals surface area contributed by atoms with E-state index in [0.717, 1.165) is 54.3 Å². The fourth-order valence-electron chi connectivity index (χ4n) is 5.00. The van der Waals surface area contributed by atoms with Gasteiger partial charge in [0.2, 0.25) is 0 Å². The molecule has 2 fully saturated rings. The van der Waals surface area contributed by atoms with E-state index >= 15 is 0 Å². The fraction of sp³-hybridized carbons (Fsp3) is 0.400. The Kier molecular flexibility index (Phi) is 5.30. The summed E-state index contributed by atoms with van der Waals surface area (Å²) in [5, 5.41) is 1.06. The van der Waals surface area contributed by atoms with Crippen LogP contribution in [0.4, 0.5) is 4.39 Å². The average Bonchev–Trinajstić information content (AvgIpc) is 3.45. The van der Waals surface area contributed by atoms with Crippen LogP contribution in [0.2, 0.25) is 0 Å².